The zero-order valence-corrected chi connectivity index (χ0v) is 7.29. The third-order valence-corrected chi connectivity index (χ3v) is 2.43. The number of morpholine rings is 1. The molecule has 0 amide bonds. The summed E-state index contributed by atoms with van der Waals surface area (Å²) in [5, 5.41) is 0. The molecule has 2 saturated heterocycles. The molecule has 0 aromatic carbocycles. The first kappa shape index (κ1) is 8.48. The molecule has 0 N–H and O–H groups in total. The average molecular weight is 169 g/mol. The maximum absolute atomic E-state index is 5.28. The summed E-state index contributed by atoms with van der Waals surface area (Å²) in [6.45, 7) is 7.68. The standard InChI is InChI=1S/C9H15NO2/c1-2-9(8-12-5-1)10-3-6-11-7-4-10/h9H,1-7H2. The topological polar surface area (TPSA) is 21.7 Å². The van der Waals surface area contributed by atoms with Crippen LogP contribution in [0.4, 0.5) is 0 Å². The molecular weight excluding hydrogens is 154 g/mol. The van der Waals surface area contributed by atoms with Gasteiger partial charge >= 0.3 is 0 Å². The summed E-state index contributed by atoms with van der Waals surface area (Å²) >= 11 is 0. The Bertz CT molecular complexity index is 112. The molecule has 12 heavy (non-hydrogen) atoms. The van der Waals surface area contributed by atoms with Crippen LogP contribution in [0.2, 0.25) is 0 Å². The van der Waals surface area contributed by atoms with E-state index in [2.05, 4.69) is 11.5 Å². The number of ether oxygens (including phenoxy) is 2. The summed E-state index contributed by atoms with van der Waals surface area (Å²) in [6.07, 6.45) is 2.36. The Morgan fingerprint density at radius 3 is 2.67 bits per heavy atom. The van der Waals surface area contributed by atoms with Gasteiger partial charge in [-0.1, -0.05) is 0 Å². The summed E-state index contributed by atoms with van der Waals surface area (Å²) in [7, 11) is 0. The fraction of sp³-hybridized carbons (Fsp3) is 0.889. The van der Waals surface area contributed by atoms with Gasteiger partial charge in [-0.25, -0.2) is 0 Å². The summed E-state index contributed by atoms with van der Waals surface area (Å²) < 4.78 is 10.5. The third-order valence-electron chi connectivity index (χ3n) is 2.43. The van der Waals surface area contributed by atoms with Gasteiger partial charge < -0.3 is 9.47 Å². The molecular formula is C9H15NO2. The second-order valence-electron chi connectivity index (χ2n) is 3.27. The molecule has 1 unspecified atom stereocenters. The Morgan fingerprint density at radius 2 is 2.00 bits per heavy atom. The summed E-state index contributed by atoms with van der Waals surface area (Å²) in [4.78, 5) is 2.39. The lowest BCUT2D eigenvalue weighted by atomic mass is 10.1. The highest BCUT2D eigenvalue weighted by Crippen LogP contribution is 2.17. The molecule has 0 aromatic heterocycles. The van der Waals surface area contributed by atoms with Crippen molar-refractivity contribution in [1.29, 1.82) is 0 Å². The van der Waals surface area contributed by atoms with Crippen molar-refractivity contribution in [3.8, 4) is 0 Å². The van der Waals surface area contributed by atoms with Crippen LogP contribution in [-0.2, 0) is 9.47 Å². The monoisotopic (exact) mass is 169 g/mol. The van der Waals surface area contributed by atoms with Gasteiger partial charge in [-0.15, -0.1) is 0 Å². The van der Waals surface area contributed by atoms with Crippen LogP contribution in [-0.4, -0.2) is 43.9 Å². The van der Waals surface area contributed by atoms with Crippen LogP contribution in [0.5, 0.6) is 0 Å². The van der Waals surface area contributed by atoms with Gasteiger partial charge in [0.1, 0.15) is 0 Å². The first-order chi connectivity index (χ1) is 5.97. The van der Waals surface area contributed by atoms with Crippen molar-refractivity contribution in [2.75, 3.05) is 32.9 Å². The molecule has 2 rings (SSSR count). The Hall–Kier alpha value is -0.120. The lowest BCUT2D eigenvalue weighted by molar-refractivity contribution is -0.00739. The van der Waals surface area contributed by atoms with Crippen LogP contribution >= 0.6 is 0 Å². The molecule has 0 bridgehead atoms. The van der Waals surface area contributed by atoms with Crippen molar-refractivity contribution in [3.63, 3.8) is 0 Å². The molecule has 68 valence electrons. The van der Waals surface area contributed by atoms with Crippen molar-refractivity contribution < 1.29 is 9.47 Å². The van der Waals surface area contributed by atoms with Crippen molar-refractivity contribution in [2.45, 2.75) is 18.9 Å². The molecule has 0 aromatic rings. The predicted octanol–water partition coefficient (Wildman–Crippen LogP) is 0.536. The molecule has 0 saturated carbocycles. The first-order valence-corrected chi connectivity index (χ1v) is 4.66. The van der Waals surface area contributed by atoms with Gasteiger partial charge in [-0.05, 0) is 12.8 Å². The molecule has 2 fully saturated rings. The molecule has 2 aliphatic rings. The second-order valence-corrected chi connectivity index (χ2v) is 3.27. The van der Waals surface area contributed by atoms with E-state index in [9.17, 15) is 0 Å². The van der Waals surface area contributed by atoms with Gasteiger partial charge in [-0.2, -0.15) is 0 Å². The summed E-state index contributed by atoms with van der Waals surface area (Å²) in [5.74, 6) is 0. The Morgan fingerprint density at radius 1 is 1.17 bits per heavy atom. The maximum Gasteiger partial charge on any atom is 0.150 e. The molecule has 0 aliphatic carbocycles. The van der Waals surface area contributed by atoms with E-state index >= 15 is 0 Å². The van der Waals surface area contributed by atoms with E-state index in [4.69, 9.17) is 9.47 Å². The smallest absolute Gasteiger partial charge is 0.150 e. The van der Waals surface area contributed by atoms with Crippen molar-refractivity contribution in [2.24, 2.45) is 0 Å². The number of rotatable bonds is 1. The minimum Gasteiger partial charge on any atom is -0.379 e. The number of nitrogens with zero attached hydrogens (tertiary/aromatic N) is 1. The van der Waals surface area contributed by atoms with Crippen molar-refractivity contribution in [1.82, 2.24) is 4.90 Å². The number of hydrogen-bond donors (Lipinski definition) is 0. The van der Waals surface area contributed by atoms with Crippen LogP contribution in [0, 0.1) is 6.61 Å². The quantitative estimate of drug-likeness (QED) is 0.571. The Labute approximate surface area is 73.6 Å². The van der Waals surface area contributed by atoms with E-state index in [0.29, 0.717) is 6.04 Å². The van der Waals surface area contributed by atoms with Crippen LogP contribution < -0.4 is 0 Å². The predicted molar refractivity (Wildman–Crippen MR) is 44.6 cm³/mol. The van der Waals surface area contributed by atoms with E-state index in [0.717, 1.165) is 39.3 Å². The van der Waals surface area contributed by atoms with Crippen LogP contribution in [0.15, 0.2) is 0 Å². The molecule has 1 atom stereocenters. The third kappa shape index (κ3) is 1.97. The van der Waals surface area contributed by atoms with Gasteiger partial charge in [0.25, 0.3) is 0 Å². The van der Waals surface area contributed by atoms with Gasteiger partial charge in [0, 0.05) is 25.7 Å². The van der Waals surface area contributed by atoms with Gasteiger partial charge in [-0.3, -0.25) is 4.90 Å². The van der Waals surface area contributed by atoms with Crippen LogP contribution in [0.3, 0.4) is 0 Å². The van der Waals surface area contributed by atoms with Crippen molar-refractivity contribution >= 4 is 0 Å². The molecule has 2 radical (unpaired) electrons. The van der Waals surface area contributed by atoms with Crippen LogP contribution in [0.1, 0.15) is 12.8 Å². The zero-order valence-electron chi connectivity index (χ0n) is 7.29. The number of hydrogen-bond acceptors (Lipinski definition) is 3. The van der Waals surface area contributed by atoms with Gasteiger partial charge in [0.2, 0.25) is 0 Å². The minimum absolute atomic E-state index is 0.419. The largest absolute Gasteiger partial charge is 0.379 e. The fourth-order valence-electron chi connectivity index (χ4n) is 1.71. The minimum atomic E-state index is 0.419. The molecule has 3 heteroatoms. The van der Waals surface area contributed by atoms with E-state index in [1.54, 1.807) is 0 Å². The van der Waals surface area contributed by atoms with E-state index in [-0.39, 0.29) is 0 Å². The zero-order chi connectivity index (χ0) is 8.23. The first-order valence-electron chi connectivity index (χ1n) is 4.66. The lowest BCUT2D eigenvalue weighted by Crippen LogP contribution is -2.45. The van der Waals surface area contributed by atoms with Crippen LogP contribution in [0.25, 0.3) is 0 Å². The second kappa shape index (κ2) is 4.21. The fourth-order valence-corrected chi connectivity index (χ4v) is 1.71. The van der Waals surface area contributed by atoms with Crippen molar-refractivity contribution in [3.05, 3.63) is 6.61 Å². The molecule has 2 aliphatic heterocycles. The highest BCUT2D eigenvalue weighted by molar-refractivity contribution is 4.83. The summed E-state index contributed by atoms with van der Waals surface area (Å²) in [6, 6.07) is 0.419. The highest BCUT2D eigenvalue weighted by atomic mass is 16.5. The maximum atomic E-state index is 5.28. The SMILES string of the molecule is [C]1OCCCC1N1CCOCC1. The van der Waals surface area contributed by atoms with E-state index in [1.165, 1.54) is 6.42 Å². The Kier molecular flexibility index (Phi) is 2.98. The molecule has 0 spiro atoms. The summed E-state index contributed by atoms with van der Waals surface area (Å²) in [5.41, 5.74) is 0. The average Bonchev–Trinajstić information content (AvgIpc) is 2.21. The molecule has 3 nitrogen and oxygen atoms in total. The Balaban J connectivity index is 1.80. The highest BCUT2D eigenvalue weighted by Gasteiger charge is 2.23. The van der Waals surface area contributed by atoms with E-state index in [1.807, 2.05) is 0 Å². The molecule has 2 heterocycles. The van der Waals surface area contributed by atoms with Gasteiger partial charge in [0.05, 0.1) is 13.2 Å². The lowest BCUT2D eigenvalue weighted by Gasteiger charge is -2.35. The van der Waals surface area contributed by atoms with E-state index < -0.39 is 0 Å². The van der Waals surface area contributed by atoms with Gasteiger partial charge in [0.15, 0.2) is 6.61 Å². The normalized spacial score (nSPS) is 33.5.